The number of nitrogens with zero attached hydrogens (tertiary/aromatic N) is 2. The summed E-state index contributed by atoms with van der Waals surface area (Å²) in [5.41, 5.74) is -0.888. The standard InChI is InChI=1S/C18H27N3O3/c22-17(12-15-5-10-24-11-6-15)20-13-18(23)7-3-9-21(14-18)16-4-1-2-8-19-16/h1-2,4,8,15,23H,3,5-7,9-14H2,(H,20,22)/t18-/m0/s1. The first kappa shape index (κ1) is 17.2. The molecular weight excluding hydrogens is 306 g/mol. The number of β-amino-alcohol motifs (C(OH)–C–C–N with tert-alkyl or cyclic N) is 1. The van der Waals surface area contributed by atoms with Gasteiger partial charge in [0.2, 0.25) is 5.91 Å². The van der Waals surface area contributed by atoms with Crippen LogP contribution in [0.2, 0.25) is 0 Å². The Labute approximate surface area is 143 Å². The molecule has 6 heteroatoms. The molecule has 1 atom stereocenters. The van der Waals surface area contributed by atoms with Crippen LogP contribution in [0.25, 0.3) is 0 Å². The van der Waals surface area contributed by atoms with Gasteiger partial charge in [-0.2, -0.15) is 0 Å². The molecule has 1 aromatic rings. The SMILES string of the molecule is O=C(CC1CCOCC1)NC[C@@]1(O)CCCN(c2ccccn2)C1. The second-order valence-electron chi connectivity index (χ2n) is 6.97. The van der Waals surface area contributed by atoms with E-state index in [0.29, 0.717) is 31.8 Å². The number of nitrogens with one attached hydrogen (secondary N) is 1. The van der Waals surface area contributed by atoms with Crippen LogP contribution in [0.3, 0.4) is 0 Å². The molecule has 0 spiro atoms. The molecule has 2 saturated heterocycles. The molecule has 2 aliphatic rings. The fourth-order valence-corrected chi connectivity index (χ4v) is 3.54. The van der Waals surface area contributed by atoms with Gasteiger partial charge in [0.05, 0.1) is 5.60 Å². The molecule has 3 heterocycles. The van der Waals surface area contributed by atoms with Crippen LogP contribution in [0.4, 0.5) is 5.82 Å². The van der Waals surface area contributed by atoms with Crippen LogP contribution >= 0.6 is 0 Å². The summed E-state index contributed by atoms with van der Waals surface area (Å²) in [6.07, 6.45) is 5.79. The van der Waals surface area contributed by atoms with E-state index in [9.17, 15) is 9.90 Å². The van der Waals surface area contributed by atoms with Crippen LogP contribution in [0, 0.1) is 5.92 Å². The number of piperidine rings is 1. The number of rotatable bonds is 5. The molecule has 0 aromatic carbocycles. The van der Waals surface area contributed by atoms with Crippen molar-refractivity contribution in [3.63, 3.8) is 0 Å². The number of carbonyl (C=O) groups excluding carboxylic acids is 1. The Morgan fingerprint density at radius 2 is 2.25 bits per heavy atom. The van der Waals surface area contributed by atoms with Crippen molar-refractivity contribution in [2.45, 2.75) is 37.7 Å². The monoisotopic (exact) mass is 333 g/mol. The third kappa shape index (κ3) is 4.68. The van der Waals surface area contributed by atoms with E-state index in [-0.39, 0.29) is 5.91 Å². The Morgan fingerprint density at radius 1 is 1.42 bits per heavy atom. The van der Waals surface area contributed by atoms with Crippen LogP contribution in [0.15, 0.2) is 24.4 Å². The minimum atomic E-state index is -0.888. The fraction of sp³-hybridized carbons (Fsp3) is 0.667. The number of hydrogen-bond donors (Lipinski definition) is 2. The largest absolute Gasteiger partial charge is 0.386 e. The average Bonchev–Trinajstić information content (AvgIpc) is 2.62. The summed E-state index contributed by atoms with van der Waals surface area (Å²) >= 11 is 0. The second kappa shape index (κ2) is 7.94. The maximum Gasteiger partial charge on any atom is 0.220 e. The van der Waals surface area contributed by atoms with Crippen molar-refractivity contribution < 1.29 is 14.6 Å². The van der Waals surface area contributed by atoms with E-state index < -0.39 is 5.60 Å². The molecule has 2 aliphatic heterocycles. The lowest BCUT2D eigenvalue weighted by molar-refractivity contribution is -0.124. The van der Waals surface area contributed by atoms with Gasteiger partial charge in [0.15, 0.2) is 0 Å². The highest BCUT2D eigenvalue weighted by molar-refractivity contribution is 5.76. The summed E-state index contributed by atoms with van der Waals surface area (Å²) in [5.74, 6) is 1.32. The van der Waals surface area contributed by atoms with Gasteiger partial charge in [-0.05, 0) is 43.7 Å². The van der Waals surface area contributed by atoms with Crippen molar-refractivity contribution >= 4 is 11.7 Å². The smallest absolute Gasteiger partial charge is 0.220 e. The van der Waals surface area contributed by atoms with E-state index in [2.05, 4.69) is 15.2 Å². The van der Waals surface area contributed by atoms with Crippen molar-refractivity contribution in [3.05, 3.63) is 24.4 Å². The Bertz CT molecular complexity index is 534. The molecule has 24 heavy (non-hydrogen) atoms. The zero-order valence-electron chi connectivity index (χ0n) is 14.1. The van der Waals surface area contributed by atoms with Crippen LogP contribution in [-0.2, 0) is 9.53 Å². The topological polar surface area (TPSA) is 74.7 Å². The van der Waals surface area contributed by atoms with Gasteiger partial charge in [0.1, 0.15) is 5.82 Å². The number of pyridine rings is 1. The Balaban J connectivity index is 1.49. The van der Waals surface area contributed by atoms with Crippen molar-refractivity contribution in [2.24, 2.45) is 5.92 Å². The van der Waals surface area contributed by atoms with Crippen LogP contribution in [0.5, 0.6) is 0 Å². The first-order chi connectivity index (χ1) is 11.6. The third-order valence-corrected chi connectivity index (χ3v) is 4.96. The molecule has 0 saturated carbocycles. The normalized spacial score (nSPS) is 25.5. The van der Waals surface area contributed by atoms with Gasteiger partial charge < -0.3 is 20.1 Å². The van der Waals surface area contributed by atoms with Crippen LogP contribution in [0.1, 0.15) is 32.1 Å². The number of amides is 1. The van der Waals surface area contributed by atoms with Gasteiger partial charge in [-0.3, -0.25) is 4.79 Å². The van der Waals surface area contributed by atoms with Crippen molar-refractivity contribution in [2.75, 3.05) is 37.7 Å². The van der Waals surface area contributed by atoms with Crippen LogP contribution in [-0.4, -0.2) is 54.4 Å². The predicted molar refractivity (Wildman–Crippen MR) is 91.8 cm³/mol. The summed E-state index contributed by atoms with van der Waals surface area (Å²) in [5, 5.41) is 13.8. The number of anilines is 1. The maximum atomic E-state index is 12.2. The molecule has 6 nitrogen and oxygen atoms in total. The minimum absolute atomic E-state index is 0.0327. The molecule has 3 rings (SSSR count). The summed E-state index contributed by atoms with van der Waals surface area (Å²) in [6, 6.07) is 5.79. The minimum Gasteiger partial charge on any atom is -0.386 e. The summed E-state index contributed by atoms with van der Waals surface area (Å²) in [6.45, 7) is 3.19. The van der Waals surface area contributed by atoms with Crippen molar-refractivity contribution in [1.29, 1.82) is 0 Å². The fourth-order valence-electron chi connectivity index (χ4n) is 3.54. The molecule has 0 unspecified atom stereocenters. The van der Waals surface area contributed by atoms with E-state index in [1.165, 1.54) is 0 Å². The molecule has 1 aromatic heterocycles. The first-order valence-electron chi connectivity index (χ1n) is 8.87. The van der Waals surface area contributed by atoms with Crippen molar-refractivity contribution in [1.82, 2.24) is 10.3 Å². The lowest BCUT2D eigenvalue weighted by Gasteiger charge is -2.40. The van der Waals surface area contributed by atoms with Gasteiger partial charge in [-0.15, -0.1) is 0 Å². The molecule has 132 valence electrons. The first-order valence-corrected chi connectivity index (χ1v) is 8.87. The number of aliphatic hydroxyl groups is 1. The average molecular weight is 333 g/mol. The predicted octanol–water partition coefficient (Wildman–Crippen LogP) is 1.35. The van der Waals surface area contributed by atoms with Crippen molar-refractivity contribution in [3.8, 4) is 0 Å². The highest BCUT2D eigenvalue weighted by Crippen LogP contribution is 2.24. The van der Waals surface area contributed by atoms with E-state index in [1.807, 2.05) is 18.2 Å². The number of carbonyl (C=O) groups is 1. The van der Waals surface area contributed by atoms with Gasteiger partial charge in [-0.25, -0.2) is 4.98 Å². The van der Waals surface area contributed by atoms with E-state index >= 15 is 0 Å². The molecule has 2 fully saturated rings. The molecule has 0 aliphatic carbocycles. The number of ether oxygens (including phenoxy) is 1. The lowest BCUT2D eigenvalue weighted by atomic mass is 9.92. The van der Waals surface area contributed by atoms with E-state index in [0.717, 1.165) is 44.8 Å². The quantitative estimate of drug-likeness (QED) is 0.851. The molecule has 2 N–H and O–H groups in total. The zero-order chi connectivity index (χ0) is 16.8. The summed E-state index contributed by atoms with van der Waals surface area (Å²) in [4.78, 5) is 18.6. The Hall–Kier alpha value is -1.66. The van der Waals surface area contributed by atoms with E-state index in [4.69, 9.17) is 4.74 Å². The zero-order valence-corrected chi connectivity index (χ0v) is 14.1. The highest BCUT2D eigenvalue weighted by atomic mass is 16.5. The van der Waals surface area contributed by atoms with Crippen LogP contribution < -0.4 is 10.2 Å². The molecule has 0 bridgehead atoms. The van der Waals surface area contributed by atoms with Gasteiger partial charge >= 0.3 is 0 Å². The van der Waals surface area contributed by atoms with Gasteiger partial charge in [-0.1, -0.05) is 6.07 Å². The summed E-state index contributed by atoms with van der Waals surface area (Å²) in [7, 11) is 0. The number of aromatic nitrogens is 1. The van der Waals surface area contributed by atoms with E-state index in [1.54, 1.807) is 6.20 Å². The summed E-state index contributed by atoms with van der Waals surface area (Å²) < 4.78 is 5.32. The molecule has 0 radical (unpaired) electrons. The molecular formula is C18H27N3O3. The molecule has 1 amide bonds. The third-order valence-electron chi connectivity index (χ3n) is 4.96. The second-order valence-corrected chi connectivity index (χ2v) is 6.97. The number of hydrogen-bond acceptors (Lipinski definition) is 5. The Kier molecular flexibility index (Phi) is 5.68. The van der Waals surface area contributed by atoms with Gasteiger partial charge in [0.25, 0.3) is 0 Å². The maximum absolute atomic E-state index is 12.2. The highest BCUT2D eigenvalue weighted by Gasteiger charge is 2.34. The Morgan fingerprint density at radius 3 is 3.00 bits per heavy atom. The lowest BCUT2D eigenvalue weighted by Crippen LogP contribution is -2.54. The van der Waals surface area contributed by atoms with Gasteiger partial charge in [0, 0.05) is 45.5 Å².